The number of rotatable bonds is 4. The molecule has 0 saturated heterocycles. The number of carbonyl (C=O) groups is 2. The van der Waals surface area contributed by atoms with Gasteiger partial charge in [-0.1, -0.05) is 18.2 Å². The summed E-state index contributed by atoms with van der Waals surface area (Å²) in [6.07, 6.45) is 0. The van der Waals surface area contributed by atoms with Crippen LogP contribution in [0.2, 0.25) is 0 Å². The third-order valence-electron chi connectivity index (χ3n) is 3.10. The summed E-state index contributed by atoms with van der Waals surface area (Å²) in [5.74, 6) is -2.69. The number of carbonyl (C=O) groups excluding carboxylic acids is 2. The first-order valence-corrected chi connectivity index (χ1v) is 6.45. The predicted molar refractivity (Wildman–Crippen MR) is 74.7 cm³/mol. The lowest BCUT2D eigenvalue weighted by molar-refractivity contribution is -0.160. The van der Waals surface area contributed by atoms with Crippen LogP contribution in [-0.2, 0) is 9.63 Å². The van der Waals surface area contributed by atoms with Crippen molar-refractivity contribution in [3.05, 3.63) is 47.5 Å². The van der Waals surface area contributed by atoms with Gasteiger partial charge in [0.2, 0.25) is 11.8 Å². The van der Waals surface area contributed by atoms with Crippen molar-refractivity contribution >= 4 is 17.7 Å². The fourth-order valence-corrected chi connectivity index (χ4v) is 2.06. The van der Waals surface area contributed by atoms with Crippen LogP contribution < -0.4 is 4.84 Å². The average Bonchev–Trinajstić information content (AvgIpc) is 2.98. The van der Waals surface area contributed by atoms with Gasteiger partial charge in [-0.25, -0.2) is 4.79 Å². The van der Waals surface area contributed by atoms with E-state index in [0.29, 0.717) is 20.9 Å². The van der Waals surface area contributed by atoms with Crippen LogP contribution in [0.4, 0.5) is 0 Å². The van der Waals surface area contributed by atoms with Crippen molar-refractivity contribution in [1.29, 1.82) is 5.41 Å². The van der Waals surface area contributed by atoms with E-state index in [0.717, 1.165) is 12.1 Å². The zero-order valence-corrected chi connectivity index (χ0v) is 11.6. The molecule has 2 heterocycles. The molecule has 9 nitrogen and oxygen atoms in total. The quantitative estimate of drug-likeness (QED) is 0.743. The third-order valence-corrected chi connectivity index (χ3v) is 3.10. The zero-order chi connectivity index (χ0) is 16.6. The largest absolute Gasteiger partial charge is 0.492 e. The van der Waals surface area contributed by atoms with Crippen LogP contribution in [0.15, 0.2) is 36.4 Å². The maximum absolute atomic E-state index is 12.1. The number of fused-ring (bicyclic) bond motifs is 1. The van der Waals surface area contributed by atoms with Crippen LogP contribution in [0.5, 0.6) is 11.8 Å². The molecule has 0 atom stereocenters. The average molecular weight is 317 g/mol. The van der Waals surface area contributed by atoms with Crippen molar-refractivity contribution in [2.75, 3.05) is 6.61 Å². The summed E-state index contributed by atoms with van der Waals surface area (Å²) >= 11 is 0. The van der Waals surface area contributed by atoms with Crippen LogP contribution in [0.3, 0.4) is 0 Å². The van der Waals surface area contributed by atoms with Crippen molar-refractivity contribution in [1.82, 2.24) is 9.79 Å². The number of hydroxylamine groups is 2. The molecule has 9 heteroatoms. The van der Waals surface area contributed by atoms with Crippen molar-refractivity contribution in [3.8, 4) is 11.8 Å². The molecule has 1 aliphatic heterocycles. The van der Waals surface area contributed by atoms with E-state index in [4.69, 9.17) is 10.2 Å². The van der Waals surface area contributed by atoms with E-state index < -0.39 is 30.2 Å². The number of amides is 1. The molecule has 1 aromatic heterocycles. The molecular formula is C14H11N3O6. The minimum atomic E-state index is -0.983. The number of nitrogens with zero attached hydrogens (tertiary/aromatic N) is 2. The van der Waals surface area contributed by atoms with Crippen LogP contribution in [-0.4, -0.2) is 44.3 Å². The Balaban J connectivity index is 1.64. The summed E-state index contributed by atoms with van der Waals surface area (Å²) in [5.41, 5.74) is 0.693. The summed E-state index contributed by atoms with van der Waals surface area (Å²) in [7, 11) is 0. The standard InChI is InChI=1S/C14H11N3O6/c15-13-8-3-1-2-4-9(8)14(21)17(13)22-7-12(20)23-16-10(18)5-6-11(16)19/h1-6,15,18-19H,7H2. The van der Waals surface area contributed by atoms with E-state index in [9.17, 15) is 19.8 Å². The summed E-state index contributed by atoms with van der Waals surface area (Å²) in [6.45, 7) is -0.695. The Morgan fingerprint density at radius 1 is 1.09 bits per heavy atom. The molecule has 0 saturated carbocycles. The van der Waals surface area contributed by atoms with Gasteiger partial charge in [-0.15, -0.1) is 4.73 Å². The molecule has 3 N–H and O–H groups in total. The molecule has 2 aromatic rings. The zero-order valence-electron chi connectivity index (χ0n) is 11.6. The van der Waals surface area contributed by atoms with E-state index in [1.807, 2.05) is 0 Å². The minimum absolute atomic E-state index is 0.190. The highest BCUT2D eigenvalue weighted by molar-refractivity contribution is 6.21. The molecule has 3 rings (SSSR count). The topological polar surface area (TPSA) is 125 Å². The highest BCUT2D eigenvalue weighted by Crippen LogP contribution is 2.22. The molecule has 23 heavy (non-hydrogen) atoms. The second-order valence-electron chi connectivity index (χ2n) is 4.57. The Hall–Kier alpha value is -3.33. The van der Waals surface area contributed by atoms with Gasteiger partial charge >= 0.3 is 5.97 Å². The van der Waals surface area contributed by atoms with Gasteiger partial charge in [0.25, 0.3) is 5.91 Å². The van der Waals surface area contributed by atoms with Gasteiger partial charge in [-0.05, 0) is 6.07 Å². The number of benzene rings is 1. The second kappa shape index (κ2) is 5.46. The number of aromatic nitrogens is 1. The van der Waals surface area contributed by atoms with E-state index in [1.54, 1.807) is 24.3 Å². The van der Waals surface area contributed by atoms with Crippen LogP contribution in [0.25, 0.3) is 0 Å². The maximum atomic E-state index is 12.1. The molecule has 0 unspecified atom stereocenters. The Labute approximate surface area is 129 Å². The number of amidine groups is 1. The van der Waals surface area contributed by atoms with Crippen LogP contribution >= 0.6 is 0 Å². The van der Waals surface area contributed by atoms with Crippen molar-refractivity contribution < 1.29 is 29.5 Å². The number of hydrogen-bond acceptors (Lipinski definition) is 7. The number of hydrogen-bond donors (Lipinski definition) is 3. The van der Waals surface area contributed by atoms with Crippen LogP contribution in [0, 0.1) is 5.41 Å². The second-order valence-corrected chi connectivity index (χ2v) is 4.57. The Morgan fingerprint density at radius 2 is 1.70 bits per heavy atom. The fourth-order valence-electron chi connectivity index (χ4n) is 2.06. The lowest BCUT2D eigenvalue weighted by atomic mass is 10.1. The molecule has 1 aliphatic rings. The molecule has 0 fully saturated rings. The van der Waals surface area contributed by atoms with E-state index in [1.165, 1.54) is 0 Å². The smallest absolute Gasteiger partial charge is 0.361 e. The summed E-state index contributed by atoms with van der Waals surface area (Å²) in [6, 6.07) is 8.71. The molecule has 0 aliphatic carbocycles. The lowest BCUT2D eigenvalue weighted by Crippen LogP contribution is -2.34. The van der Waals surface area contributed by atoms with E-state index >= 15 is 0 Å². The molecule has 0 bridgehead atoms. The monoisotopic (exact) mass is 317 g/mol. The number of nitrogens with one attached hydrogen (secondary N) is 1. The van der Waals surface area contributed by atoms with Gasteiger partial charge in [-0.3, -0.25) is 15.0 Å². The van der Waals surface area contributed by atoms with E-state index in [-0.39, 0.29) is 5.84 Å². The highest BCUT2D eigenvalue weighted by atomic mass is 16.7. The molecule has 0 spiro atoms. The van der Waals surface area contributed by atoms with Gasteiger partial charge in [0.1, 0.15) is 0 Å². The predicted octanol–water partition coefficient (Wildman–Crippen LogP) is 0.267. The normalized spacial score (nSPS) is 13.3. The van der Waals surface area contributed by atoms with Gasteiger partial charge in [0.15, 0.2) is 12.4 Å². The number of aromatic hydroxyl groups is 2. The summed E-state index contributed by atoms with van der Waals surface area (Å²) < 4.78 is 0.498. The summed E-state index contributed by atoms with van der Waals surface area (Å²) in [4.78, 5) is 33.4. The van der Waals surface area contributed by atoms with Crippen molar-refractivity contribution in [2.24, 2.45) is 0 Å². The SMILES string of the molecule is N=C1c2ccccc2C(=O)N1OCC(=O)On1c(O)ccc1O. The first-order chi connectivity index (χ1) is 11.0. The first-order valence-electron chi connectivity index (χ1n) is 6.45. The minimum Gasteiger partial charge on any atom is -0.492 e. The lowest BCUT2D eigenvalue weighted by Gasteiger charge is -2.14. The van der Waals surface area contributed by atoms with Crippen molar-refractivity contribution in [3.63, 3.8) is 0 Å². The van der Waals surface area contributed by atoms with Crippen molar-refractivity contribution in [2.45, 2.75) is 0 Å². The maximum Gasteiger partial charge on any atom is 0.361 e. The van der Waals surface area contributed by atoms with Gasteiger partial charge < -0.3 is 15.1 Å². The summed E-state index contributed by atoms with van der Waals surface area (Å²) in [5, 5.41) is 27.2. The molecular weight excluding hydrogens is 306 g/mol. The molecule has 118 valence electrons. The highest BCUT2D eigenvalue weighted by Gasteiger charge is 2.34. The van der Waals surface area contributed by atoms with Gasteiger partial charge in [-0.2, -0.15) is 5.06 Å². The first kappa shape index (κ1) is 14.6. The van der Waals surface area contributed by atoms with Crippen LogP contribution in [0.1, 0.15) is 15.9 Å². The Morgan fingerprint density at radius 3 is 2.30 bits per heavy atom. The van der Waals surface area contributed by atoms with E-state index in [2.05, 4.69) is 4.84 Å². The Kier molecular flexibility index (Phi) is 3.47. The molecule has 0 radical (unpaired) electrons. The third kappa shape index (κ3) is 2.49. The molecule has 1 aromatic carbocycles. The Bertz CT molecular complexity index is 758. The van der Waals surface area contributed by atoms with Gasteiger partial charge in [0, 0.05) is 17.7 Å². The molecule has 1 amide bonds. The fraction of sp³-hybridized carbons (Fsp3) is 0.0714. The van der Waals surface area contributed by atoms with Gasteiger partial charge in [0.05, 0.1) is 5.56 Å².